The molecular weight excluding hydrogens is 442 g/mol. The molecule has 2 N–H and O–H groups in total. The molecule has 1 aromatic rings. The van der Waals surface area contributed by atoms with Gasteiger partial charge in [0.2, 0.25) is 0 Å². The Labute approximate surface area is 207 Å². The van der Waals surface area contributed by atoms with Crippen LogP contribution in [-0.2, 0) is 9.47 Å². The molecule has 1 aromatic heterocycles. The van der Waals surface area contributed by atoms with Crippen molar-refractivity contribution in [3.05, 3.63) is 96.0 Å². The Kier molecular flexibility index (Phi) is 8.95. The highest BCUT2D eigenvalue weighted by molar-refractivity contribution is 5.93. The molecule has 7 nitrogen and oxygen atoms in total. The molecule has 1 aliphatic heterocycles. The summed E-state index contributed by atoms with van der Waals surface area (Å²) < 4.78 is 11.8. The Morgan fingerprint density at radius 3 is 2.80 bits per heavy atom. The molecule has 1 fully saturated rings. The molecule has 3 rings (SSSR count). The van der Waals surface area contributed by atoms with Gasteiger partial charge in [0, 0.05) is 37.1 Å². The monoisotopic (exact) mass is 477 g/mol. The Morgan fingerprint density at radius 2 is 2.14 bits per heavy atom. The summed E-state index contributed by atoms with van der Waals surface area (Å²) in [7, 11) is 1.96. The fraction of sp³-hybridized carbons (Fsp3) is 0.357. The van der Waals surface area contributed by atoms with E-state index < -0.39 is 5.97 Å². The van der Waals surface area contributed by atoms with Crippen LogP contribution >= 0.6 is 0 Å². The number of carboxylic acid groups (broad SMARTS) is 1. The van der Waals surface area contributed by atoms with Crippen molar-refractivity contribution in [2.24, 2.45) is 5.92 Å². The van der Waals surface area contributed by atoms with Crippen LogP contribution in [0.5, 0.6) is 0 Å². The zero-order valence-electron chi connectivity index (χ0n) is 20.8. The van der Waals surface area contributed by atoms with Gasteiger partial charge in [-0.05, 0) is 69.1 Å². The summed E-state index contributed by atoms with van der Waals surface area (Å²) in [5.41, 5.74) is 3.46. The fourth-order valence-corrected chi connectivity index (χ4v) is 3.70. The minimum atomic E-state index is -0.987. The molecule has 1 aliphatic carbocycles. The maximum absolute atomic E-state index is 11.5. The summed E-state index contributed by atoms with van der Waals surface area (Å²) in [6, 6.07) is 1.49. The highest BCUT2D eigenvalue weighted by Crippen LogP contribution is 2.30. The van der Waals surface area contributed by atoms with Gasteiger partial charge in [-0.3, -0.25) is 4.98 Å². The lowest BCUT2D eigenvalue weighted by Crippen LogP contribution is -2.24. The zero-order chi connectivity index (χ0) is 25.4. The number of carbonyl (C=O) groups is 1. The smallest absolute Gasteiger partial charge is 0.337 e. The fourth-order valence-electron chi connectivity index (χ4n) is 3.70. The van der Waals surface area contributed by atoms with Gasteiger partial charge in [-0.15, -0.1) is 0 Å². The zero-order valence-corrected chi connectivity index (χ0v) is 20.8. The highest BCUT2D eigenvalue weighted by atomic mass is 16.5. The third-order valence-corrected chi connectivity index (χ3v) is 6.11. The van der Waals surface area contributed by atoms with E-state index in [9.17, 15) is 9.90 Å². The number of hydrogen-bond donors (Lipinski definition) is 2. The first-order chi connectivity index (χ1) is 16.8. The first-order valence-electron chi connectivity index (χ1n) is 11.9. The van der Waals surface area contributed by atoms with Crippen molar-refractivity contribution in [3.63, 3.8) is 0 Å². The second-order valence-corrected chi connectivity index (χ2v) is 8.64. The second kappa shape index (κ2) is 12.1. The SMILES string of the molecule is C=CC1=C(/C=C(\C)N(C)C(=C)/C=C\C(=C/C)OC2CC2)OCC[C@H]1CNc1cnccc1C(=O)O. The molecule has 0 bridgehead atoms. The van der Waals surface area contributed by atoms with E-state index in [1.807, 2.05) is 56.2 Å². The Bertz CT molecular complexity index is 1080. The van der Waals surface area contributed by atoms with Crippen molar-refractivity contribution in [2.45, 2.75) is 39.2 Å². The number of aromatic carboxylic acids is 1. The molecule has 35 heavy (non-hydrogen) atoms. The van der Waals surface area contributed by atoms with Gasteiger partial charge in [-0.1, -0.05) is 19.2 Å². The van der Waals surface area contributed by atoms with E-state index >= 15 is 0 Å². The third-order valence-electron chi connectivity index (χ3n) is 6.11. The van der Waals surface area contributed by atoms with E-state index in [0.717, 1.165) is 47.7 Å². The quantitative estimate of drug-likeness (QED) is 0.297. The largest absolute Gasteiger partial charge is 0.493 e. The molecule has 0 spiro atoms. The molecule has 0 unspecified atom stereocenters. The molecule has 1 atom stereocenters. The van der Waals surface area contributed by atoms with Crippen LogP contribution in [0.25, 0.3) is 0 Å². The number of allylic oxidation sites excluding steroid dienone is 6. The van der Waals surface area contributed by atoms with Crippen LogP contribution in [0.3, 0.4) is 0 Å². The van der Waals surface area contributed by atoms with Crippen molar-refractivity contribution >= 4 is 11.7 Å². The van der Waals surface area contributed by atoms with E-state index in [2.05, 4.69) is 23.5 Å². The summed E-state index contributed by atoms with van der Waals surface area (Å²) in [6.45, 7) is 13.3. The summed E-state index contributed by atoms with van der Waals surface area (Å²) in [6.07, 6.45) is 16.1. The minimum Gasteiger partial charge on any atom is -0.493 e. The standard InChI is InChI=1S/C28H35N3O4/c1-6-22(35-23-10-11-23)9-8-19(3)31(5)20(4)16-27-24(7-2)21(13-15-34-27)17-30-26-18-29-14-12-25(26)28(32)33/h6-9,12,14,16,18,21,23,30H,2-3,10-11,13,15,17H2,1,4-5H3,(H,32,33)/b9-8-,20-16+,22-6+/t21-/m0/s1. The molecule has 0 saturated heterocycles. The van der Waals surface area contributed by atoms with E-state index in [1.165, 1.54) is 18.5 Å². The first-order valence-corrected chi connectivity index (χ1v) is 11.9. The average molecular weight is 478 g/mol. The maximum Gasteiger partial charge on any atom is 0.337 e. The topological polar surface area (TPSA) is 83.9 Å². The normalized spacial score (nSPS) is 18.8. The van der Waals surface area contributed by atoms with Gasteiger partial charge >= 0.3 is 5.97 Å². The molecule has 0 radical (unpaired) electrons. The number of hydrogen-bond acceptors (Lipinski definition) is 6. The second-order valence-electron chi connectivity index (χ2n) is 8.64. The number of nitrogens with one attached hydrogen (secondary N) is 1. The van der Waals surface area contributed by atoms with Gasteiger partial charge in [-0.2, -0.15) is 0 Å². The van der Waals surface area contributed by atoms with Crippen LogP contribution in [0.4, 0.5) is 5.69 Å². The molecule has 1 saturated carbocycles. The minimum absolute atomic E-state index is 0.118. The van der Waals surface area contributed by atoms with Crippen LogP contribution in [0.2, 0.25) is 0 Å². The predicted octanol–water partition coefficient (Wildman–Crippen LogP) is 5.66. The molecule has 7 heteroatoms. The van der Waals surface area contributed by atoms with Crippen molar-refractivity contribution in [2.75, 3.05) is 25.5 Å². The van der Waals surface area contributed by atoms with Crippen molar-refractivity contribution in [1.29, 1.82) is 0 Å². The van der Waals surface area contributed by atoms with Gasteiger partial charge < -0.3 is 24.8 Å². The number of nitrogens with zero attached hydrogens (tertiary/aromatic N) is 2. The number of carboxylic acids is 1. The van der Waals surface area contributed by atoms with E-state index in [-0.39, 0.29) is 11.5 Å². The number of likely N-dealkylation sites (N-methyl/N-ethyl adjacent to an activating group) is 1. The number of pyridine rings is 1. The Balaban J connectivity index is 1.70. The van der Waals surface area contributed by atoms with Crippen LogP contribution in [0.1, 0.15) is 43.5 Å². The summed E-state index contributed by atoms with van der Waals surface area (Å²) >= 11 is 0. The molecule has 2 heterocycles. The molecule has 186 valence electrons. The predicted molar refractivity (Wildman–Crippen MR) is 139 cm³/mol. The van der Waals surface area contributed by atoms with Gasteiger partial charge in [0.05, 0.1) is 30.2 Å². The lowest BCUT2D eigenvalue weighted by Gasteiger charge is -2.28. The lowest BCUT2D eigenvalue weighted by molar-refractivity contribution is 0.0697. The molecule has 0 amide bonds. The maximum atomic E-state index is 11.5. The number of anilines is 1. The van der Waals surface area contributed by atoms with Crippen LogP contribution in [0.15, 0.2) is 90.5 Å². The van der Waals surface area contributed by atoms with Gasteiger partial charge in [0.1, 0.15) is 11.5 Å². The third kappa shape index (κ3) is 7.12. The Hall–Kier alpha value is -3.74. The van der Waals surface area contributed by atoms with Crippen molar-refractivity contribution in [3.8, 4) is 0 Å². The van der Waals surface area contributed by atoms with E-state index in [4.69, 9.17) is 9.47 Å². The van der Waals surface area contributed by atoms with Crippen LogP contribution in [0, 0.1) is 5.92 Å². The van der Waals surface area contributed by atoms with Crippen LogP contribution in [-0.4, -0.2) is 47.3 Å². The van der Waals surface area contributed by atoms with Gasteiger partial charge in [0.15, 0.2) is 0 Å². The van der Waals surface area contributed by atoms with E-state index in [1.54, 1.807) is 0 Å². The number of rotatable bonds is 12. The molecular formula is C28H35N3O4. The Morgan fingerprint density at radius 1 is 1.37 bits per heavy atom. The number of aromatic nitrogens is 1. The summed E-state index contributed by atoms with van der Waals surface area (Å²) in [4.78, 5) is 17.5. The summed E-state index contributed by atoms with van der Waals surface area (Å²) in [5.74, 6) is 0.743. The van der Waals surface area contributed by atoms with Crippen molar-refractivity contribution in [1.82, 2.24) is 9.88 Å². The van der Waals surface area contributed by atoms with Gasteiger partial charge in [0.25, 0.3) is 0 Å². The lowest BCUT2D eigenvalue weighted by atomic mass is 9.92. The average Bonchev–Trinajstić information content (AvgIpc) is 3.68. The van der Waals surface area contributed by atoms with Gasteiger partial charge in [-0.25, -0.2) is 4.79 Å². The number of ether oxygens (including phenoxy) is 2. The van der Waals surface area contributed by atoms with E-state index in [0.29, 0.717) is 24.9 Å². The molecule has 0 aromatic carbocycles. The summed E-state index contributed by atoms with van der Waals surface area (Å²) in [5, 5.41) is 12.7. The molecule has 2 aliphatic rings. The highest BCUT2D eigenvalue weighted by Gasteiger charge is 2.24. The van der Waals surface area contributed by atoms with Crippen LogP contribution < -0.4 is 5.32 Å². The van der Waals surface area contributed by atoms with Crippen molar-refractivity contribution < 1.29 is 19.4 Å². The first kappa shape index (κ1) is 25.9.